The fourth-order valence-electron chi connectivity index (χ4n) is 2.43. The summed E-state index contributed by atoms with van der Waals surface area (Å²) in [6, 6.07) is 9.50. The standard InChI is InChI=1S/C17H17N3O2/c1-12-5-3-6-13(2)15(12)22-10-9-20-11-19-16-14(17(20)21)7-4-8-18-16/h3-8,11H,9-10H2,1-2H3. The van der Waals surface area contributed by atoms with Gasteiger partial charge < -0.3 is 4.74 Å². The summed E-state index contributed by atoms with van der Waals surface area (Å²) in [5.74, 6) is 0.881. The summed E-state index contributed by atoms with van der Waals surface area (Å²) in [5.41, 5.74) is 2.56. The summed E-state index contributed by atoms with van der Waals surface area (Å²) in [4.78, 5) is 20.6. The lowest BCUT2D eigenvalue weighted by Crippen LogP contribution is -2.24. The molecule has 0 spiro atoms. The Bertz CT molecular complexity index is 851. The molecule has 0 amide bonds. The fourth-order valence-corrected chi connectivity index (χ4v) is 2.43. The third-order valence-electron chi connectivity index (χ3n) is 3.58. The van der Waals surface area contributed by atoms with E-state index in [1.807, 2.05) is 32.0 Å². The zero-order valence-electron chi connectivity index (χ0n) is 12.6. The van der Waals surface area contributed by atoms with Gasteiger partial charge in [-0.2, -0.15) is 0 Å². The van der Waals surface area contributed by atoms with Gasteiger partial charge in [-0.3, -0.25) is 9.36 Å². The molecule has 22 heavy (non-hydrogen) atoms. The Kier molecular flexibility index (Phi) is 3.87. The Hall–Kier alpha value is -2.69. The number of rotatable bonds is 4. The first kappa shape index (κ1) is 14.3. The molecule has 1 aromatic carbocycles. The van der Waals surface area contributed by atoms with Crippen LogP contribution < -0.4 is 10.3 Å². The van der Waals surface area contributed by atoms with E-state index in [-0.39, 0.29) is 5.56 Å². The molecule has 3 rings (SSSR count). The van der Waals surface area contributed by atoms with Crippen LogP contribution in [-0.4, -0.2) is 21.1 Å². The second kappa shape index (κ2) is 5.97. The molecule has 0 saturated carbocycles. The zero-order valence-corrected chi connectivity index (χ0v) is 12.6. The van der Waals surface area contributed by atoms with Crippen LogP contribution in [0.1, 0.15) is 11.1 Å². The van der Waals surface area contributed by atoms with Crippen molar-refractivity contribution in [3.63, 3.8) is 0 Å². The average molecular weight is 295 g/mol. The number of nitrogens with zero attached hydrogens (tertiary/aromatic N) is 3. The van der Waals surface area contributed by atoms with Crippen molar-refractivity contribution in [1.29, 1.82) is 0 Å². The van der Waals surface area contributed by atoms with Crippen LogP contribution in [0.2, 0.25) is 0 Å². The highest BCUT2D eigenvalue weighted by molar-refractivity contribution is 5.72. The maximum Gasteiger partial charge on any atom is 0.262 e. The molecule has 3 aromatic rings. The normalized spacial score (nSPS) is 10.8. The highest BCUT2D eigenvalue weighted by Gasteiger charge is 2.06. The van der Waals surface area contributed by atoms with Crippen LogP contribution in [0.25, 0.3) is 11.0 Å². The van der Waals surface area contributed by atoms with Crippen LogP contribution in [0, 0.1) is 13.8 Å². The molecular weight excluding hydrogens is 278 g/mol. The van der Waals surface area contributed by atoms with Gasteiger partial charge in [-0.25, -0.2) is 9.97 Å². The molecule has 0 unspecified atom stereocenters. The summed E-state index contributed by atoms with van der Waals surface area (Å²) in [5, 5.41) is 0.525. The lowest BCUT2D eigenvalue weighted by molar-refractivity contribution is 0.292. The van der Waals surface area contributed by atoms with Crippen molar-refractivity contribution in [2.24, 2.45) is 0 Å². The maximum atomic E-state index is 12.3. The summed E-state index contributed by atoms with van der Waals surface area (Å²) in [6.45, 7) is 4.89. The van der Waals surface area contributed by atoms with Gasteiger partial charge in [0.15, 0.2) is 5.65 Å². The monoisotopic (exact) mass is 295 g/mol. The molecule has 0 aliphatic heterocycles. The predicted molar refractivity (Wildman–Crippen MR) is 85.2 cm³/mol. The van der Waals surface area contributed by atoms with Gasteiger partial charge in [-0.15, -0.1) is 0 Å². The van der Waals surface area contributed by atoms with Crippen LogP contribution in [-0.2, 0) is 6.54 Å². The largest absolute Gasteiger partial charge is 0.491 e. The number of ether oxygens (including phenoxy) is 1. The number of para-hydroxylation sites is 1. The maximum absolute atomic E-state index is 12.3. The van der Waals surface area contributed by atoms with E-state index in [1.165, 1.54) is 6.33 Å². The minimum absolute atomic E-state index is 0.0943. The molecule has 0 aliphatic carbocycles. The molecule has 0 N–H and O–H groups in total. The van der Waals surface area contributed by atoms with Crippen molar-refractivity contribution >= 4 is 11.0 Å². The summed E-state index contributed by atoms with van der Waals surface area (Å²) in [6.07, 6.45) is 3.15. The molecule has 5 nitrogen and oxygen atoms in total. The van der Waals surface area contributed by atoms with Crippen molar-refractivity contribution in [2.75, 3.05) is 6.61 Å². The van der Waals surface area contributed by atoms with Crippen LogP contribution in [0.4, 0.5) is 0 Å². The first-order valence-corrected chi connectivity index (χ1v) is 7.16. The molecule has 0 atom stereocenters. The Morgan fingerprint density at radius 3 is 2.64 bits per heavy atom. The first-order valence-electron chi connectivity index (χ1n) is 7.16. The molecule has 0 bridgehead atoms. The highest BCUT2D eigenvalue weighted by atomic mass is 16.5. The van der Waals surface area contributed by atoms with Gasteiger partial charge in [-0.05, 0) is 37.1 Å². The number of aromatic nitrogens is 3. The number of pyridine rings is 1. The van der Waals surface area contributed by atoms with E-state index in [0.29, 0.717) is 24.2 Å². The Labute approximate surface area is 128 Å². The van der Waals surface area contributed by atoms with E-state index in [9.17, 15) is 4.79 Å². The third kappa shape index (κ3) is 2.70. The van der Waals surface area contributed by atoms with Crippen LogP contribution >= 0.6 is 0 Å². The highest BCUT2D eigenvalue weighted by Crippen LogP contribution is 2.22. The van der Waals surface area contributed by atoms with Gasteiger partial charge in [0.25, 0.3) is 5.56 Å². The topological polar surface area (TPSA) is 57.0 Å². The summed E-state index contributed by atoms with van der Waals surface area (Å²) < 4.78 is 7.39. The lowest BCUT2D eigenvalue weighted by Gasteiger charge is -2.12. The molecule has 112 valence electrons. The lowest BCUT2D eigenvalue weighted by atomic mass is 10.1. The van der Waals surface area contributed by atoms with E-state index in [1.54, 1.807) is 22.9 Å². The number of aryl methyl sites for hydroxylation is 2. The number of hydrogen-bond donors (Lipinski definition) is 0. The second-order valence-corrected chi connectivity index (χ2v) is 5.19. The molecule has 0 radical (unpaired) electrons. The summed E-state index contributed by atoms with van der Waals surface area (Å²) in [7, 11) is 0. The van der Waals surface area contributed by atoms with Gasteiger partial charge >= 0.3 is 0 Å². The number of fused-ring (bicyclic) bond motifs is 1. The van der Waals surface area contributed by atoms with Crippen molar-refractivity contribution in [1.82, 2.24) is 14.5 Å². The third-order valence-corrected chi connectivity index (χ3v) is 3.58. The number of benzene rings is 1. The average Bonchev–Trinajstić information content (AvgIpc) is 2.52. The zero-order chi connectivity index (χ0) is 15.5. The Balaban J connectivity index is 1.77. The van der Waals surface area contributed by atoms with E-state index in [4.69, 9.17) is 4.74 Å². The Morgan fingerprint density at radius 2 is 1.86 bits per heavy atom. The van der Waals surface area contributed by atoms with E-state index in [2.05, 4.69) is 9.97 Å². The minimum Gasteiger partial charge on any atom is -0.491 e. The second-order valence-electron chi connectivity index (χ2n) is 5.19. The van der Waals surface area contributed by atoms with Crippen molar-refractivity contribution in [3.8, 4) is 5.75 Å². The van der Waals surface area contributed by atoms with Crippen molar-refractivity contribution in [3.05, 3.63) is 64.3 Å². The van der Waals surface area contributed by atoms with Crippen LogP contribution in [0.3, 0.4) is 0 Å². The van der Waals surface area contributed by atoms with Gasteiger partial charge in [0.2, 0.25) is 0 Å². The first-order chi connectivity index (χ1) is 10.7. The van der Waals surface area contributed by atoms with Gasteiger partial charge in [0.05, 0.1) is 11.9 Å². The van der Waals surface area contributed by atoms with E-state index in [0.717, 1.165) is 16.9 Å². The molecule has 2 heterocycles. The SMILES string of the molecule is Cc1cccc(C)c1OCCn1cnc2ncccc2c1=O. The minimum atomic E-state index is -0.0943. The van der Waals surface area contributed by atoms with E-state index >= 15 is 0 Å². The summed E-state index contributed by atoms with van der Waals surface area (Å²) >= 11 is 0. The number of hydrogen-bond acceptors (Lipinski definition) is 4. The predicted octanol–water partition coefficient (Wildman–Crippen LogP) is 2.49. The molecule has 0 fully saturated rings. The van der Waals surface area contributed by atoms with Crippen molar-refractivity contribution < 1.29 is 4.74 Å². The smallest absolute Gasteiger partial charge is 0.262 e. The van der Waals surface area contributed by atoms with Crippen LogP contribution in [0.5, 0.6) is 5.75 Å². The Morgan fingerprint density at radius 1 is 1.09 bits per heavy atom. The van der Waals surface area contributed by atoms with Gasteiger partial charge in [0.1, 0.15) is 18.7 Å². The molecular formula is C17H17N3O2. The van der Waals surface area contributed by atoms with Crippen molar-refractivity contribution in [2.45, 2.75) is 20.4 Å². The molecule has 0 aliphatic rings. The quantitative estimate of drug-likeness (QED) is 0.742. The molecule has 0 saturated heterocycles. The van der Waals surface area contributed by atoms with Gasteiger partial charge in [0, 0.05) is 6.20 Å². The van der Waals surface area contributed by atoms with Gasteiger partial charge in [-0.1, -0.05) is 18.2 Å². The molecule has 2 aromatic heterocycles. The fraction of sp³-hybridized carbons (Fsp3) is 0.235. The molecule has 5 heteroatoms. The van der Waals surface area contributed by atoms with Crippen LogP contribution in [0.15, 0.2) is 47.7 Å². The van der Waals surface area contributed by atoms with E-state index < -0.39 is 0 Å².